The molecule has 0 spiro atoms. The van der Waals surface area contributed by atoms with Crippen LogP contribution in [0.4, 0.5) is 13.2 Å². The van der Waals surface area contributed by atoms with Crippen molar-refractivity contribution in [2.75, 3.05) is 7.11 Å². The summed E-state index contributed by atoms with van der Waals surface area (Å²) < 4.78 is 39.7. The summed E-state index contributed by atoms with van der Waals surface area (Å²) in [6.07, 6.45) is -3.50. The number of halogens is 3. The van der Waals surface area contributed by atoms with Gasteiger partial charge in [-0.15, -0.1) is 5.10 Å². The number of nitrogens with zero attached hydrogens (tertiary/aromatic N) is 3. The molecule has 0 unspecified atom stereocenters. The molecule has 14 heavy (non-hydrogen) atoms. The number of alkyl halides is 3. The summed E-state index contributed by atoms with van der Waals surface area (Å²) in [4.78, 5) is 11.2. The van der Waals surface area contributed by atoms with Gasteiger partial charge in [0.25, 0.3) is 0 Å². The van der Waals surface area contributed by atoms with Gasteiger partial charge in [-0.3, -0.25) is 0 Å². The molecule has 0 aliphatic rings. The third-order valence-electron chi connectivity index (χ3n) is 1.25. The molecule has 1 aromatic rings. The molecule has 0 bridgehead atoms. The number of ether oxygens (including phenoxy) is 1. The van der Waals surface area contributed by atoms with Gasteiger partial charge in [0.15, 0.2) is 12.2 Å². The SMILES string of the molecule is COC(=O)c1cnn(CC(F)(F)F)n1. The average Bonchev–Trinajstić information content (AvgIpc) is 2.48. The van der Waals surface area contributed by atoms with E-state index in [0.717, 1.165) is 13.3 Å². The van der Waals surface area contributed by atoms with Crippen molar-refractivity contribution in [2.45, 2.75) is 12.7 Å². The maximum absolute atomic E-state index is 11.8. The lowest BCUT2D eigenvalue weighted by Crippen LogP contribution is -2.20. The van der Waals surface area contributed by atoms with Crippen LogP contribution in [0.2, 0.25) is 0 Å². The van der Waals surface area contributed by atoms with Crippen molar-refractivity contribution in [1.82, 2.24) is 15.0 Å². The minimum absolute atomic E-state index is 0.253. The largest absolute Gasteiger partial charge is 0.464 e. The lowest BCUT2D eigenvalue weighted by Gasteiger charge is -2.03. The molecule has 0 saturated heterocycles. The van der Waals surface area contributed by atoms with Crippen LogP contribution in [-0.2, 0) is 11.3 Å². The Morgan fingerprint density at radius 1 is 1.64 bits per heavy atom. The summed E-state index contributed by atoms with van der Waals surface area (Å²) in [5.74, 6) is -0.821. The monoisotopic (exact) mass is 209 g/mol. The number of hydrogen-bond donors (Lipinski definition) is 0. The van der Waals surface area contributed by atoms with E-state index >= 15 is 0 Å². The summed E-state index contributed by atoms with van der Waals surface area (Å²) in [6.45, 7) is -1.33. The smallest absolute Gasteiger partial charge is 0.409 e. The van der Waals surface area contributed by atoms with Gasteiger partial charge < -0.3 is 4.74 Å². The molecule has 0 aliphatic carbocycles. The van der Waals surface area contributed by atoms with E-state index in [0.29, 0.717) is 4.80 Å². The fraction of sp³-hybridized carbons (Fsp3) is 0.500. The highest BCUT2D eigenvalue weighted by atomic mass is 19.4. The predicted molar refractivity (Wildman–Crippen MR) is 37.4 cm³/mol. The first-order valence-electron chi connectivity index (χ1n) is 3.47. The first-order chi connectivity index (χ1) is 6.42. The first kappa shape index (κ1) is 10.5. The Labute approximate surface area is 76.5 Å². The van der Waals surface area contributed by atoms with Gasteiger partial charge in [0.1, 0.15) is 0 Å². The molecule has 1 heterocycles. The molecule has 0 atom stereocenters. The number of carbonyl (C=O) groups excluding carboxylic acids is 1. The second-order valence-electron chi connectivity index (χ2n) is 2.37. The van der Waals surface area contributed by atoms with Crippen molar-refractivity contribution >= 4 is 5.97 Å². The molecule has 0 N–H and O–H groups in total. The van der Waals surface area contributed by atoms with Crippen LogP contribution in [0.3, 0.4) is 0 Å². The predicted octanol–water partition coefficient (Wildman–Crippen LogP) is 0.627. The van der Waals surface area contributed by atoms with Crippen LogP contribution in [0, 0.1) is 0 Å². The number of aromatic nitrogens is 3. The van der Waals surface area contributed by atoms with Crippen molar-refractivity contribution in [2.24, 2.45) is 0 Å². The molecule has 5 nitrogen and oxygen atoms in total. The van der Waals surface area contributed by atoms with E-state index in [9.17, 15) is 18.0 Å². The van der Waals surface area contributed by atoms with Gasteiger partial charge in [-0.1, -0.05) is 0 Å². The molecular weight excluding hydrogens is 203 g/mol. The molecule has 0 amide bonds. The van der Waals surface area contributed by atoms with Crippen molar-refractivity contribution in [3.8, 4) is 0 Å². The van der Waals surface area contributed by atoms with Crippen LogP contribution in [0.5, 0.6) is 0 Å². The van der Waals surface area contributed by atoms with Gasteiger partial charge in [-0.05, 0) is 0 Å². The van der Waals surface area contributed by atoms with Gasteiger partial charge in [0, 0.05) is 0 Å². The molecule has 0 aromatic carbocycles. The second kappa shape index (κ2) is 3.64. The molecule has 0 saturated carbocycles. The summed E-state index contributed by atoms with van der Waals surface area (Å²) in [6, 6.07) is 0. The van der Waals surface area contributed by atoms with Crippen LogP contribution in [0.1, 0.15) is 10.5 Å². The van der Waals surface area contributed by atoms with E-state index in [2.05, 4.69) is 14.9 Å². The van der Waals surface area contributed by atoms with Crippen LogP contribution in [-0.4, -0.2) is 34.2 Å². The third-order valence-corrected chi connectivity index (χ3v) is 1.25. The van der Waals surface area contributed by atoms with E-state index in [-0.39, 0.29) is 5.69 Å². The van der Waals surface area contributed by atoms with Gasteiger partial charge in [-0.2, -0.15) is 23.1 Å². The molecule has 0 radical (unpaired) electrons. The standard InChI is InChI=1S/C6H6F3N3O2/c1-14-5(13)4-2-10-12(11-4)3-6(7,8)9/h2H,3H2,1H3. The topological polar surface area (TPSA) is 57.0 Å². The molecule has 8 heteroatoms. The minimum atomic E-state index is -4.41. The number of methoxy groups -OCH3 is 1. The normalized spacial score (nSPS) is 11.4. The molecular formula is C6H6F3N3O2. The lowest BCUT2D eigenvalue weighted by atomic mass is 10.5. The van der Waals surface area contributed by atoms with E-state index < -0.39 is 18.7 Å². The minimum Gasteiger partial charge on any atom is -0.464 e. The van der Waals surface area contributed by atoms with Crippen LogP contribution >= 0.6 is 0 Å². The quantitative estimate of drug-likeness (QED) is 0.670. The zero-order valence-electron chi connectivity index (χ0n) is 7.08. The summed E-state index contributed by atoms with van der Waals surface area (Å²) in [5.41, 5.74) is -0.253. The van der Waals surface area contributed by atoms with Crippen molar-refractivity contribution < 1.29 is 22.7 Å². The number of rotatable bonds is 2. The van der Waals surface area contributed by atoms with Gasteiger partial charge in [0.05, 0.1) is 13.3 Å². The Kier molecular flexibility index (Phi) is 2.73. The number of carbonyl (C=O) groups is 1. The number of hydrogen-bond acceptors (Lipinski definition) is 4. The Balaban J connectivity index is 2.74. The highest BCUT2D eigenvalue weighted by molar-refractivity contribution is 5.86. The fourth-order valence-corrected chi connectivity index (χ4v) is 0.732. The second-order valence-corrected chi connectivity index (χ2v) is 2.37. The maximum atomic E-state index is 11.8. The molecule has 1 rings (SSSR count). The Morgan fingerprint density at radius 2 is 2.29 bits per heavy atom. The van der Waals surface area contributed by atoms with Crippen molar-refractivity contribution in [3.63, 3.8) is 0 Å². The summed E-state index contributed by atoms with van der Waals surface area (Å²) in [7, 11) is 1.10. The van der Waals surface area contributed by atoms with Crippen LogP contribution in [0.15, 0.2) is 6.20 Å². The van der Waals surface area contributed by atoms with Gasteiger partial charge in [0.2, 0.25) is 0 Å². The molecule has 1 aromatic heterocycles. The van der Waals surface area contributed by atoms with Crippen molar-refractivity contribution in [3.05, 3.63) is 11.9 Å². The highest BCUT2D eigenvalue weighted by Crippen LogP contribution is 2.16. The van der Waals surface area contributed by atoms with Crippen molar-refractivity contribution in [1.29, 1.82) is 0 Å². The molecule has 0 aliphatic heterocycles. The van der Waals surface area contributed by atoms with Gasteiger partial charge >= 0.3 is 12.1 Å². The third kappa shape index (κ3) is 2.71. The van der Waals surface area contributed by atoms with Gasteiger partial charge in [-0.25, -0.2) is 4.79 Å². The summed E-state index contributed by atoms with van der Waals surface area (Å²) >= 11 is 0. The molecule has 78 valence electrons. The zero-order valence-corrected chi connectivity index (χ0v) is 7.08. The van der Waals surface area contributed by atoms with E-state index in [1.807, 2.05) is 0 Å². The molecule has 0 fully saturated rings. The van der Waals surface area contributed by atoms with Crippen LogP contribution in [0.25, 0.3) is 0 Å². The lowest BCUT2D eigenvalue weighted by molar-refractivity contribution is -0.144. The maximum Gasteiger partial charge on any atom is 0.409 e. The Hall–Kier alpha value is -1.60. The summed E-state index contributed by atoms with van der Waals surface area (Å²) in [5, 5.41) is 6.53. The average molecular weight is 209 g/mol. The van der Waals surface area contributed by atoms with E-state index in [1.165, 1.54) is 0 Å². The number of esters is 1. The Bertz CT molecular complexity index is 333. The van der Waals surface area contributed by atoms with E-state index in [4.69, 9.17) is 0 Å². The van der Waals surface area contributed by atoms with Crippen LogP contribution < -0.4 is 0 Å². The zero-order chi connectivity index (χ0) is 10.8. The highest BCUT2D eigenvalue weighted by Gasteiger charge is 2.29. The van der Waals surface area contributed by atoms with E-state index in [1.54, 1.807) is 0 Å². The first-order valence-corrected chi connectivity index (χ1v) is 3.47. The Morgan fingerprint density at radius 3 is 2.79 bits per heavy atom. The fourth-order valence-electron chi connectivity index (χ4n) is 0.732.